The molecule has 1 unspecified atom stereocenters. The number of carbonyl (C=O) groups excluding carboxylic acids is 3. The molecule has 0 aliphatic rings. The number of allylic oxidation sites excluding steroid dienone is 20. The maximum absolute atomic E-state index is 13.0. The van der Waals surface area contributed by atoms with Gasteiger partial charge in [0.25, 0.3) is 0 Å². The molecule has 0 aliphatic heterocycles. The molecule has 462 valence electrons. The van der Waals surface area contributed by atoms with E-state index in [1.54, 1.807) is 0 Å². The van der Waals surface area contributed by atoms with Crippen molar-refractivity contribution in [3.8, 4) is 0 Å². The fraction of sp³-hybridized carbons (Fsp3) is 0.693. The molecule has 0 bridgehead atoms. The molecule has 0 aromatic carbocycles. The van der Waals surface area contributed by atoms with Crippen LogP contribution in [0.25, 0.3) is 0 Å². The highest BCUT2D eigenvalue weighted by atomic mass is 16.6. The quantitative estimate of drug-likeness (QED) is 0.0261. The third-order valence-electron chi connectivity index (χ3n) is 14.4. The summed E-state index contributed by atoms with van der Waals surface area (Å²) in [6.07, 6.45) is 95.0. The molecule has 0 saturated carbocycles. The van der Waals surface area contributed by atoms with Gasteiger partial charge in [-0.05, 0) is 128 Å². The SMILES string of the molecule is CC/C=C\C/C=C\C/C=C\C/C=C\CCCCCCCCCCCCCCC(=O)OCC(COC(=O)CCCC/C=C\C/C=C\C/C=C\C/C=C\CC)OC(=O)CCCCCCCCCCCCC/C=C\C/C=C\CCCCCCC. The van der Waals surface area contributed by atoms with Gasteiger partial charge in [0.15, 0.2) is 6.10 Å². The molecule has 0 N–H and O–H groups in total. The second kappa shape index (κ2) is 68.3. The molecule has 0 amide bonds. The van der Waals surface area contributed by atoms with E-state index in [1.165, 1.54) is 161 Å². The third-order valence-corrected chi connectivity index (χ3v) is 14.4. The molecule has 0 spiro atoms. The van der Waals surface area contributed by atoms with Gasteiger partial charge in [0.1, 0.15) is 13.2 Å². The van der Waals surface area contributed by atoms with Crippen LogP contribution in [0.2, 0.25) is 0 Å². The molecule has 0 fully saturated rings. The summed E-state index contributed by atoms with van der Waals surface area (Å²) in [6.45, 7) is 6.39. The number of hydrogen-bond acceptors (Lipinski definition) is 6. The Hall–Kier alpha value is -4.19. The largest absolute Gasteiger partial charge is 0.462 e. The zero-order valence-corrected chi connectivity index (χ0v) is 53.0. The molecular formula is C75H126O6. The maximum Gasteiger partial charge on any atom is 0.306 e. The van der Waals surface area contributed by atoms with Crippen molar-refractivity contribution in [3.05, 3.63) is 122 Å². The van der Waals surface area contributed by atoms with Crippen LogP contribution in [0.4, 0.5) is 0 Å². The second-order valence-corrected chi connectivity index (χ2v) is 22.3. The zero-order valence-electron chi connectivity index (χ0n) is 53.0. The van der Waals surface area contributed by atoms with Crippen LogP contribution in [0.1, 0.15) is 316 Å². The molecule has 0 aliphatic carbocycles. The summed E-state index contributed by atoms with van der Waals surface area (Å²) in [4.78, 5) is 38.4. The van der Waals surface area contributed by atoms with E-state index < -0.39 is 6.10 Å². The van der Waals surface area contributed by atoms with Crippen LogP contribution in [0.3, 0.4) is 0 Å². The molecule has 6 nitrogen and oxygen atoms in total. The first kappa shape index (κ1) is 76.8. The van der Waals surface area contributed by atoms with Crippen molar-refractivity contribution < 1.29 is 28.6 Å². The molecule has 0 saturated heterocycles. The Morgan fingerprint density at radius 2 is 0.481 bits per heavy atom. The summed E-state index contributed by atoms with van der Waals surface area (Å²) in [6, 6.07) is 0. The number of ether oxygens (including phenoxy) is 3. The van der Waals surface area contributed by atoms with Gasteiger partial charge in [-0.25, -0.2) is 0 Å². The molecule has 81 heavy (non-hydrogen) atoms. The maximum atomic E-state index is 13.0. The zero-order chi connectivity index (χ0) is 58.5. The van der Waals surface area contributed by atoms with E-state index in [0.29, 0.717) is 19.3 Å². The summed E-state index contributed by atoms with van der Waals surface area (Å²) in [5, 5.41) is 0. The molecule has 0 aromatic rings. The van der Waals surface area contributed by atoms with Crippen molar-refractivity contribution in [3.63, 3.8) is 0 Å². The standard InChI is InChI=1S/C75H126O6/c1-4-7-10-13-16-19-22-25-28-30-32-34-36-37-39-40-42-44-47-50-53-56-59-62-65-68-74(77)80-71-72(70-79-73(76)67-64-61-58-55-52-49-46-27-24-21-18-15-12-9-6-3)81-75(78)69-66-63-60-57-54-51-48-45-43-41-38-35-33-31-29-26-23-20-17-14-11-8-5-2/h7,9-10,12,16,18-19,21,23,25-28,31-34,46,52,55,72H,4-6,8,11,13-15,17,20,22,24,29-30,35-45,47-51,53-54,56-71H2,1-3H3/b10-7-,12-9-,19-16-,21-18-,26-23-,28-25-,33-31-,34-32-,46-27-,55-52-. The first-order chi connectivity index (χ1) is 40.0. The van der Waals surface area contributed by atoms with Crippen molar-refractivity contribution in [1.29, 1.82) is 0 Å². The van der Waals surface area contributed by atoms with Crippen LogP contribution in [0.15, 0.2) is 122 Å². The van der Waals surface area contributed by atoms with E-state index in [2.05, 4.69) is 142 Å². The van der Waals surface area contributed by atoms with Gasteiger partial charge in [-0.2, -0.15) is 0 Å². The van der Waals surface area contributed by atoms with E-state index in [9.17, 15) is 14.4 Å². The van der Waals surface area contributed by atoms with Gasteiger partial charge in [-0.3, -0.25) is 14.4 Å². The monoisotopic (exact) mass is 1120 g/mol. The number of esters is 3. The number of hydrogen-bond donors (Lipinski definition) is 0. The Labute approximate surface area is 501 Å². The predicted octanol–water partition coefficient (Wildman–Crippen LogP) is 23.6. The van der Waals surface area contributed by atoms with Crippen molar-refractivity contribution >= 4 is 17.9 Å². The Kier molecular flexibility index (Phi) is 64.8. The Morgan fingerprint density at radius 1 is 0.259 bits per heavy atom. The van der Waals surface area contributed by atoms with Gasteiger partial charge in [0.05, 0.1) is 0 Å². The highest BCUT2D eigenvalue weighted by Gasteiger charge is 2.19. The summed E-state index contributed by atoms with van der Waals surface area (Å²) in [5.41, 5.74) is 0. The van der Waals surface area contributed by atoms with E-state index in [4.69, 9.17) is 14.2 Å². The van der Waals surface area contributed by atoms with E-state index in [0.717, 1.165) is 116 Å². The molecule has 0 rings (SSSR count). The summed E-state index contributed by atoms with van der Waals surface area (Å²) in [7, 11) is 0. The Balaban J connectivity index is 4.37. The minimum Gasteiger partial charge on any atom is -0.462 e. The highest BCUT2D eigenvalue weighted by Crippen LogP contribution is 2.16. The van der Waals surface area contributed by atoms with Crippen molar-refractivity contribution in [2.45, 2.75) is 322 Å². The third kappa shape index (κ3) is 66.5. The Morgan fingerprint density at radius 3 is 0.778 bits per heavy atom. The van der Waals surface area contributed by atoms with Crippen LogP contribution < -0.4 is 0 Å². The van der Waals surface area contributed by atoms with Gasteiger partial charge in [0, 0.05) is 19.3 Å². The van der Waals surface area contributed by atoms with Crippen LogP contribution in [0, 0.1) is 0 Å². The fourth-order valence-corrected chi connectivity index (χ4v) is 9.40. The summed E-state index contributed by atoms with van der Waals surface area (Å²) < 4.78 is 16.9. The topological polar surface area (TPSA) is 78.9 Å². The fourth-order valence-electron chi connectivity index (χ4n) is 9.40. The van der Waals surface area contributed by atoms with E-state index >= 15 is 0 Å². The van der Waals surface area contributed by atoms with Gasteiger partial charge in [-0.1, -0.05) is 290 Å². The van der Waals surface area contributed by atoms with E-state index in [1.807, 2.05) is 0 Å². The molecule has 0 heterocycles. The minimum absolute atomic E-state index is 0.0940. The minimum atomic E-state index is -0.802. The van der Waals surface area contributed by atoms with Crippen molar-refractivity contribution in [2.24, 2.45) is 0 Å². The summed E-state index contributed by atoms with van der Waals surface area (Å²) in [5.74, 6) is -0.932. The van der Waals surface area contributed by atoms with Gasteiger partial charge in [0.2, 0.25) is 0 Å². The lowest BCUT2D eigenvalue weighted by Gasteiger charge is -2.18. The van der Waals surface area contributed by atoms with Crippen LogP contribution in [-0.4, -0.2) is 37.2 Å². The highest BCUT2D eigenvalue weighted by molar-refractivity contribution is 5.71. The van der Waals surface area contributed by atoms with Crippen LogP contribution in [0.5, 0.6) is 0 Å². The summed E-state index contributed by atoms with van der Waals surface area (Å²) >= 11 is 0. The molecule has 0 radical (unpaired) electrons. The Bertz CT molecular complexity index is 1670. The van der Waals surface area contributed by atoms with Gasteiger partial charge >= 0.3 is 17.9 Å². The van der Waals surface area contributed by atoms with Crippen molar-refractivity contribution in [1.82, 2.24) is 0 Å². The lowest BCUT2D eigenvalue weighted by atomic mass is 10.0. The average Bonchev–Trinajstić information content (AvgIpc) is 3.47. The van der Waals surface area contributed by atoms with Gasteiger partial charge < -0.3 is 14.2 Å². The van der Waals surface area contributed by atoms with Crippen molar-refractivity contribution in [2.75, 3.05) is 13.2 Å². The van der Waals surface area contributed by atoms with Gasteiger partial charge in [-0.15, -0.1) is 0 Å². The molecule has 1 atom stereocenters. The molecule has 6 heteroatoms. The van der Waals surface area contributed by atoms with Crippen LogP contribution >= 0.6 is 0 Å². The van der Waals surface area contributed by atoms with Crippen LogP contribution in [-0.2, 0) is 28.6 Å². The smallest absolute Gasteiger partial charge is 0.306 e. The first-order valence-electron chi connectivity index (χ1n) is 34.0. The number of unbranched alkanes of at least 4 members (excludes halogenated alkanes) is 30. The second-order valence-electron chi connectivity index (χ2n) is 22.3. The molecular weight excluding hydrogens is 997 g/mol. The average molecular weight is 1120 g/mol. The normalized spacial score (nSPS) is 12.9. The lowest BCUT2D eigenvalue weighted by Crippen LogP contribution is -2.30. The lowest BCUT2D eigenvalue weighted by molar-refractivity contribution is -0.167. The first-order valence-corrected chi connectivity index (χ1v) is 34.0. The molecule has 0 aromatic heterocycles. The van der Waals surface area contributed by atoms with E-state index in [-0.39, 0.29) is 31.1 Å². The predicted molar refractivity (Wildman–Crippen MR) is 353 cm³/mol. The number of rotatable bonds is 61. The number of carbonyl (C=O) groups is 3.